The van der Waals surface area contributed by atoms with Crippen molar-refractivity contribution >= 4 is 33.1 Å². The molecule has 0 fully saturated rings. The lowest BCUT2D eigenvalue weighted by Gasteiger charge is -2.09. The number of amides is 1. The van der Waals surface area contributed by atoms with Gasteiger partial charge in [-0.3, -0.25) is 9.59 Å². The molecule has 2 N–H and O–H groups in total. The molecule has 1 heterocycles. The third-order valence-electron chi connectivity index (χ3n) is 2.34. The minimum absolute atomic E-state index is 0.0293. The molecule has 0 aliphatic rings. The minimum atomic E-state index is -3.30. The standard InChI is InChI=1S/C11H15NO5S2/c1-7(3-9(13)14)5-12-11(15)8-4-10(18-6-8)19(2,16)17/h4,6-7H,3,5H2,1-2H3,(H,12,15)(H,13,14). The van der Waals surface area contributed by atoms with Crippen molar-refractivity contribution in [2.45, 2.75) is 17.6 Å². The van der Waals surface area contributed by atoms with Gasteiger partial charge in [-0.2, -0.15) is 0 Å². The fourth-order valence-electron chi connectivity index (χ4n) is 1.37. The molecule has 19 heavy (non-hydrogen) atoms. The molecule has 0 aliphatic heterocycles. The van der Waals surface area contributed by atoms with Gasteiger partial charge in [0.05, 0.1) is 5.56 Å². The Balaban J connectivity index is 2.60. The molecule has 6 nitrogen and oxygen atoms in total. The van der Waals surface area contributed by atoms with E-state index in [1.807, 2.05) is 0 Å². The second-order valence-corrected chi connectivity index (χ2v) is 7.49. The average Bonchev–Trinajstić information content (AvgIpc) is 2.73. The second kappa shape index (κ2) is 6.16. The maximum absolute atomic E-state index is 11.7. The lowest BCUT2D eigenvalue weighted by atomic mass is 10.1. The van der Waals surface area contributed by atoms with E-state index in [2.05, 4.69) is 5.32 Å². The topological polar surface area (TPSA) is 101 Å². The molecule has 0 aliphatic carbocycles. The van der Waals surface area contributed by atoms with Crippen molar-refractivity contribution < 1.29 is 23.1 Å². The van der Waals surface area contributed by atoms with Crippen molar-refractivity contribution in [1.29, 1.82) is 0 Å². The summed E-state index contributed by atoms with van der Waals surface area (Å²) in [4.78, 5) is 22.2. The largest absolute Gasteiger partial charge is 0.481 e. The van der Waals surface area contributed by atoms with Gasteiger partial charge in [0, 0.05) is 24.6 Å². The highest BCUT2D eigenvalue weighted by molar-refractivity contribution is 7.92. The Kier molecular flexibility index (Phi) is 5.07. The number of thiophene rings is 1. The lowest BCUT2D eigenvalue weighted by Crippen LogP contribution is -2.28. The van der Waals surface area contributed by atoms with Crippen molar-refractivity contribution in [3.63, 3.8) is 0 Å². The summed E-state index contributed by atoms with van der Waals surface area (Å²) in [6, 6.07) is 1.32. The predicted molar refractivity (Wildman–Crippen MR) is 71.2 cm³/mol. The fourth-order valence-corrected chi connectivity index (χ4v) is 3.17. The number of carboxylic acids is 1. The van der Waals surface area contributed by atoms with Gasteiger partial charge < -0.3 is 10.4 Å². The Morgan fingerprint density at radius 2 is 2.11 bits per heavy atom. The summed E-state index contributed by atoms with van der Waals surface area (Å²) in [6.07, 6.45) is 1.05. The van der Waals surface area contributed by atoms with Gasteiger partial charge in [0.2, 0.25) is 0 Å². The summed E-state index contributed by atoms with van der Waals surface area (Å²) in [5.74, 6) is -1.51. The van der Waals surface area contributed by atoms with Crippen molar-refractivity contribution in [2.75, 3.05) is 12.8 Å². The molecule has 8 heteroatoms. The summed E-state index contributed by atoms with van der Waals surface area (Å²) in [7, 11) is -3.30. The number of nitrogens with one attached hydrogen (secondary N) is 1. The Hall–Kier alpha value is -1.41. The van der Waals surface area contributed by atoms with Gasteiger partial charge in [0.15, 0.2) is 9.84 Å². The number of rotatable bonds is 6. The van der Waals surface area contributed by atoms with Crippen LogP contribution in [0.1, 0.15) is 23.7 Å². The van der Waals surface area contributed by atoms with E-state index < -0.39 is 21.7 Å². The van der Waals surface area contributed by atoms with Crippen LogP contribution in [0, 0.1) is 5.92 Å². The van der Waals surface area contributed by atoms with E-state index in [0.717, 1.165) is 17.6 Å². The van der Waals surface area contributed by atoms with Gasteiger partial charge in [-0.1, -0.05) is 6.92 Å². The van der Waals surface area contributed by atoms with Crippen LogP contribution in [-0.2, 0) is 14.6 Å². The molecule has 106 valence electrons. The summed E-state index contributed by atoms with van der Waals surface area (Å²) < 4.78 is 22.7. The molecule has 0 radical (unpaired) electrons. The lowest BCUT2D eigenvalue weighted by molar-refractivity contribution is -0.137. The molecule has 0 saturated heterocycles. The number of carbonyl (C=O) groups excluding carboxylic acids is 1. The highest BCUT2D eigenvalue weighted by Crippen LogP contribution is 2.19. The third-order valence-corrected chi connectivity index (χ3v) is 5.10. The Morgan fingerprint density at radius 3 is 2.58 bits per heavy atom. The summed E-state index contributed by atoms with van der Waals surface area (Å²) in [5.41, 5.74) is 0.271. The molecule has 0 saturated carbocycles. The molecule has 1 unspecified atom stereocenters. The third kappa shape index (κ3) is 4.99. The Bertz CT molecular complexity index is 576. The van der Waals surface area contributed by atoms with Crippen molar-refractivity contribution in [3.8, 4) is 0 Å². The molecule has 0 aromatic carbocycles. The summed E-state index contributed by atoms with van der Waals surface area (Å²) >= 11 is 0.987. The van der Waals surface area contributed by atoms with E-state index in [9.17, 15) is 18.0 Å². The molecule has 1 aromatic rings. The number of carboxylic acid groups (broad SMARTS) is 1. The van der Waals surface area contributed by atoms with Gasteiger partial charge in [-0.25, -0.2) is 8.42 Å². The van der Waals surface area contributed by atoms with Gasteiger partial charge in [0.1, 0.15) is 4.21 Å². The molecule has 0 spiro atoms. The first-order valence-corrected chi connectivity index (χ1v) is 8.26. The number of hydrogen-bond donors (Lipinski definition) is 2. The van der Waals surface area contributed by atoms with Crippen LogP contribution < -0.4 is 5.32 Å². The minimum Gasteiger partial charge on any atom is -0.481 e. The first kappa shape index (κ1) is 15.6. The maximum Gasteiger partial charge on any atom is 0.303 e. The normalized spacial score (nSPS) is 12.9. The highest BCUT2D eigenvalue weighted by Gasteiger charge is 2.15. The summed E-state index contributed by atoms with van der Waals surface area (Å²) in [5, 5.41) is 12.6. The van der Waals surface area contributed by atoms with Crippen LogP contribution in [0.4, 0.5) is 0 Å². The van der Waals surface area contributed by atoms with E-state index in [1.54, 1.807) is 6.92 Å². The van der Waals surface area contributed by atoms with Crippen LogP contribution >= 0.6 is 11.3 Å². The second-order valence-electron chi connectivity index (χ2n) is 4.34. The molecule has 0 bridgehead atoms. The van der Waals surface area contributed by atoms with Gasteiger partial charge in [-0.15, -0.1) is 11.3 Å². The van der Waals surface area contributed by atoms with Crippen LogP contribution in [0.5, 0.6) is 0 Å². The quantitative estimate of drug-likeness (QED) is 0.816. The maximum atomic E-state index is 11.7. The molecular formula is C11H15NO5S2. The SMILES string of the molecule is CC(CNC(=O)c1csc(S(C)(=O)=O)c1)CC(=O)O. The number of aliphatic carboxylic acids is 1. The average molecular weight is 305 g/mol. The first-order chi connectivity index (χ1) is 8.70. The van der Waals surface area contributed by atoms with Crippen LogP contribution in [0.3, 0.4) is 0 Å². The Morgan fingerprint density at radius 1 is 1.47 bits per heavy atom. The molecule has 1 amide bonds. The van der Waals surface area contributed by atoms with Crippen LogP contribution in [0.15, 0.2) is 15.7 Å². The van der Waals surface area contributed by atoms with Gasteiger partial charge in [-0.05, 0) is 12.0 Å². The fraction of sp³-hybridized carbons (Fsp3) is 0.455. The number of sulfone groups is 1. The Labute approximate surface area is 115 Å². The van der Waals surface area contributed by atoms with Crippen LogP contribution in [0.2, 0.25) is 0 Å². The smallest absolute Gasteiger partial charge is 0.303 e. The van der Waals surface area contributed by atoms with Crippen molar-refractivity contribution in [1.82, 2.24) is 5.32 Å². The summed E-state index contributed by atoms with van der Waals surface area (Å²) in [6.45, 7) is 1.94. The van der Waals surface area contributed by atoms with Crippen molar-refractivity contribution in [2.24, 2.45) is 5.92 Å². The molecule has 1 aromatic heterocycles. The van der Waals surface area contributed by atoms with E-state index in [0.29, 0.717) is 0 Å². The zero-order valence-corrected chi connectivity index (χ0v) is 12.2. The van der Waals surface area contributed by atoms with E-state index in [1.165, 1.54) is 11.4 Å². The van der Waals surface area contributed by atoms with Crippen molar-refractivity contribution in [3.05, 3.63) is 17.0 Å². The molecular weight excluding hydrogens is 290 g/mol. The van der Waals surface area contributed by atoms with Gasteiger partial charge >= 0.3 is 5.97 Å². The molecule has 1 rings (SSSR count). The molecule has 1 atom stereocenters. The van der Waals surface area contributed by atoms with Gasteiger partial charge in [0.25, 0.3) is 5.91 Å². The number of hydrogen-bond acceptors (Lipinski definition) is 5. The van der Waals surface area contributed by atoms with E-state index in [4.69, 9.17) is 5.11 Å². The zero-order chi connectivity index (χ0) is 14.6. The predicted octanol–water partition coefficient (Wildman–Crippen LogP) is 0.992. The number of carbonyl (C=O) groups is 2. The highest BCUT2D eigenvalue weighted by atomic mass is 32.2. The first-order valence-electron chi connectivity index (χ1n) is 5.48. The van der Waals surface area contributed by atoms with E-state index >= 15 is 0 Å². The monoisotopic (exact) mass is 305 g/mol. The van der Waals surface area contributed by atoms with Crippen LogP contribution in [0.25, 0.3) is 0 Å². The zero-order valence-electron chi connectivity index (χ0n) is 10.5. The van der Waals surface area contributed by atoms with E-state index in [-0.39, 0.29) is 28.7 Å². The van der Waals surface area contributed by atoms with Crippen LogP contribution in [-0.4, -0.2) is 38.2 Å².